The SMILES string of the molecule is C=C[C@](C)(C=O)c1ccc(C)cc1. The van der Waals surface area contributed by atoms with Gasteiger partial charge in [-0.1, -0.05) is 35.9 Å². The summed E-state index contributed by atoms with van der Waals surface area (Å²) >= 11 is 0. The lowest BCUT2D eigenvalue weighted by Gasteiger charge is -2.18. The fraction of sp³-hybridized carbons (Fsp3) is 0.250. The Morgan fingerprint density at radius 1 is 1.31 bits per heavy atom. The third kappa shape index (κ3) is 1.86. The lowest BCUT2D eigenvalue weighted by Crippen LogP contribution is -2.19. The number of allylic oxidation sites excluding steroid dienone is 1. The molecule has 0 aliphatic rings. The molecular formula is C12H14O. The van der Waals surface area contributed by atoms with Gasteiger partial charge in [-0.05, 0) is 19.4 Å². The highest BCUT2D eigenvalue weighted by Gasteiger charge is 2.21. The standard InChI is InChI=1S/C12H14O/c1-4-12(3,9-13)11-7-5-10(2)6-8-11/h4-9H,1H2,2-3H3/t12-/m1/s1. The third-order valence-corrected chi connectivity index (χ3v) is 2.34. The fourth-order valence-corrected chi connectivity index (χ4v) is 1.15. The molecule has 1 aromatic rings. The average molecular weight is 174 g/mol. The van der Waals surface area contributed by atoms with Gasteiger partial charge >= 0.3 is 0 Å². The van der Waals surface area contributed by atoms with Crippen LogP contribution in [0.3, 0.4) is 0 Å². The minimum atomic E-state index is -0.548. The number of hydrogen-bond donors (Lipinski definition) is 0. The van der Waals surface area contributed by atoms with Crippen LogP contribution < -0.4 is 0 Å². The van der Waals surface area contributed by atoms with Crippen molar-refractivity contribution in [3.8, 4) is 0 Å². The monoisotopic (exact) mass is 174 g/mol. The molecule has 68 valence electrons. The molecule has 0 amide bonds. The summed E-state index contributed by atoms with van der Waals surface area (Å²) in [5.74, 6) is 0. The molecule has 1 heteroatoms. The molecule has 0 spiro atoms. The van der Waals surface area contributed by atoms with Gasteiger partial charge in [0.25, 0.3) is 0 Å². The second-order valence-electron chi connectivity index (χ2n) is 3.47. The van der Waals surface area contributed by atoms with E-state index in [1.165, 1.54) is 5.56 Å². The van der Waals surface area contributed by atoms with Crippen molar-refractivity contribution in [3.05, 3.63) is 48.0 Å². The minimum Gasteiger partial charge on any atom is -0.302 e. The summed E-state index contributed by atoms with van der Waals surface area (Å²) in [6.45, 7) is 7.55. The van der Waals surface area contributed by atoms with E-state index in [0.29, 0.717) is 0 Å². The van der Waals surface area contributed by atoms with Crippen molar-refractivity contribution in [3.63, 3.8) is 0 Å². The van der Waals surface area contributed by atoms with Crippen molar-refractivity contribution < 1.29 is 4.79 Å². The van der Waals surface area contributed by atoms with Crippen LogP contribution in [0.25, 0.3) is 0 Å². The summed E-state index contributed by atoms with van der Waals surface area (Å²) < 4.78 is 0. The molecule has 0 fully saturated rings. The first-order valence-corrected chi connectivity index (χ1v) is 4.29. The molecule has 13 heavy (non-hydrogen) atoms. The maximum Gasteiger partial charge on any atom is 0.134 e. The number of benzene rings is 1. The highest BCUT2D eigenvalue weighted by Crippen LogP contribution is 2.22. The van der Waals surface area contributed by atoms with Crippen LogP contribution in [-0.4, -0.2) is 6.29 Å². The molecule has 0 aliphatic heterocycles. The zero-order valence-electron chi connectivity index (χ0n) is 8.08. The average Bonchev–Trinajstić information content (AvgIpc) is 2.18. The number of carbonyl (C=O) groups excluding carboxylic acids is 1. The first kappa shape index (κ1) is 9.72. The predicted molar refractivity (Wildman–Crippen MR) is 54.8 cm³/mol. The van der Waals surface area contributed by atoms with Crippen LogP contribution >= 0.6 is 0 Å². The summed E-state index contributed by atoms with van der Waals surface area (Å²) in [6.07, 6.45) is 2.59. The molecule has 0 bridgehead atoms. The van der Waals surface area contributed by atoms with E-state index in [0.717, 1.165) is 11.8 Å². The van der Waals surface area contributed by atoms with E-state index in [9.17, 15) is 4.79 Å². The molecule has 0 heterocycles. The molecule has 0 saturated heterocycles. The Labute approximate surface area is 79.1 Å². The van der Waals surface area contributed by atoms with Crippen molar-refractivity contribution in [1.82, 2.24) is 0 Å². The van der Waals surface area contributed by atoms with E-state index in [-0.39, 0.29) is 0 Å². The molecular weight excluding hydrogens is 160 g/mol. The first-order chi connectivity index (χ1) is 6.12. The first-order valence-electron chi connectivity index (χ1n) is 4.29. The van der Waals surface area contributed by atoms with Gasteiger partial charge in [0.15, 0.2) is 0 Å². The molecule has 0 N–H and O–H groups in total. The van der Waals surface area contributed by atoms with Gasteiger partial charge in [0.1, 0.15) is 6.29 Å². The van der Waals surface area contributed by atoms with E-state index in [2.05, 4.69) is 6.58 Å². The Morgan fingerprint density at radius 2 is 1.85 bits per heavy atom. The Balaban J connectivity index is 3.13. The van der Waals surface area contributed by atoms with E-state index in [1.807, 2.05) is 38.1 Å². The van der Waals surface area contributed by atoms with Gasteiger partial charge in [-0.2, -0.15) is 0 Å². The third-order valence-electron chi connectivity index (χ3n) is 2.34. The summed E-state index contributed by atoms with van der Waals surface area (Å²) in [6, 6.07) is 7.93. The van der Waals surface area contributed by atoms with Gasteiger partial charge in [-0.3, -0.25) is 0 Å². The van der Waals surface area contributed by atoms with Crippen molar-refractivity contribution in [2.75, 3.05) is 0 Å². The lowest BCUT2D eigenvalue weighted by molar-refractivity contribution is -0.110. The molecule has 1 aromatic carbocycles. The van der Waals surface area contributed by atoms with Crippen LogP contribution in [0.15, 0.2) is 36.9 Å². The maximum atomic E-state index is 10.9. The summed E-state index contributed by atoms with van der Waals surface area (Å²) in [5.41, 5.74) is 1.64. The zero-order chi connectivity index (χ0) is 9.90. The van der Waals surface area contributed by atoms with Crippen molar-refractivity contribution in [1.29, 1.82) is 0 Å². The Morgan fingerprint density at radius 3 is 2.23 bits per heavy atom. The zero-order valence-corrected chi connectivity index (χ0v) is 8.08. The Kier molecular flexibility index (Phi) is 2.66. The number of aryl methyl sites for hydroxylation is 1. The van der Waals surface area contributed by atoms with Gasteiger partial charge in [0, 0.05) is 0 Å². The van der Waals surface area contributed by atoms with Crippen LogP contribution in [0.5, 0.6) is 0 Å². The minimum absolute atomic E-state index is 0.548. The van der Waals surface area contributed by atoms with Gasteiger partial charge in [-0.15, -0.1) is 6.58 Å². The van der Waals surface area contributed by atoms with Crippen LogP contribution in [0.4, 0.5) is 0 Å². The van der Waals surface area contributed by atoms with E-state index in [1.54, 1.807) is 6.08 Å². The molecule has 1 atom stereocenters. The van der Waals surface area contributed by atoms with Gasteiger partial charge in [0.2, 0.25) is 0 Å². The van der Waals surface area contributed by atoms with Crippen molar-refractivity contribution in [2.45, 2.75) is 19.3 Å². The van der Waals surface area contributed by atoms with Gasteiger partial charge in [-0.25, -0.2) is 0 Å². The highest BCUT2D eigenvalue weighted by molar-refractivity contribution is 5.71. The van der Waals surface area contributed by atoms with Crippen molar-refractivity contribution in [2.24, 2.45) is 0 Å². The molecule has 0 unspecified atom stereocenters. The lowest BCUT2D eigenvalue weighted by atomic mass is 9.84. The Hall–Kier alpha value is -1.37. The predicted octanol–water partition coefficient (Wildman–Crippen LogP) is 2.64. The largest absolute Gasteiger partial charge is 0.302 e. The number of rotatable bonds is 3. The van der Waals surface area contributed by atoms with Crippen LogP contribution in [0.1, 0.15) is 18.1 Å². The molecule has 0 aliphatic carbocycles. The van der Waals surface area contributed by atoms with Crippen molar-refractivity contribution >= 4 is 6.29 Å². The smallest absolute Gasteiger partial charge is 0.134 e. The fourth-order valence-electron chi connectivity index (χ4n) is 1.15. The normalized spacial score (nSPS) is 14.6. The van der Waals surface area contributed by atoms with Crippen LogP contribution in [0, 0.1) is 6.92 Å². The summed E-state index contributed by atoms with van der Waals surface area (Å²) in [5, 5.41) is 0. The number of hydrogen-bond acceptors (Lipinski definition) is 1. The molecule has 1 rings (SSSR count). The second kappa shape index (κ2) is 3.56. The van der Waals surface area contributed by atoms with E-state index in [4.69, 9.17) is 0 Å². The van der Waals surface area contributed by atoms with E-state index < -0.39 is 5.41 Å². The molecule has 0 radical (unpaired) electrons. The maximum absolute atomic E-state index is 10.9. The molecule has 0 aromatic heterocycles. The van der Waals surface area contributed by atoms with Gasteiger partial charge in [0.05, 0.1) is 5.41 Å². The van der Waals surface area contributed by atoms with Gasteiger partial charge < -0.3 is 4.79 Å². The molecule has 1 nitrogen and oxygen atoms in total. The quantitative estimate of drug-likeness (QED) is 0.508. The number of aldehydes is 1. The van der Waals surface area contributed by atoms with E-state index >= 15 is 0 Å². The van der Waals surface area contributed by atoms with Crippen LogP contribution in [-0.2, 0) is 10.2 Å². The Bertz CT molecular complexity index is 300. The van der Waals surface area contributed by atoms with Crippen LogP contribution in [0.2, 0.25) is 0 Å². The molecule has 0 saturated carbocycles. The second-order valence-corrected chi connectivity index (χ2v) is 3.47. The summed E-state index contributed by atoms with van der Waals surface area (Å²) in [7, 11) is 0. The topological polar surface area (TPSA) is 17.1 Å². The number of carbonyl (C=O) groups is 1. The summed E-state index contributed by atoms with van der Waals surface area (Å²) in [4.78, 5) is 10.9. The highest BCUT2D eigenvalue weighted by atomic mass is 16.1.